The van der Waals surface area contributed by atoms with Crippen molar-refractivity contribution in [3.05, 3.63) is 58.5 Å². The molecule has 0 atom stereocenters. The smallest absolute Gasteiger partial charge is 0.287 e. The van der Waals surface area contributed by atoms with Gasteiger partial charge in [-0.25, -0.2) is 0 Å². The summed E-state index contributed by atoms with van der Waals surface area (Å²) in [5, 5.41) is 13.4. The normalized spacial score (nSPS) is 10.5. The molecular weight excluding hydrogens is 440 g/mol. The Balaban J connectivity index is 1.44. The second kappa shape index (κ2) is 8.97. The molecule has 3 rings (SSSR count). The summed E-state index contributed by atoms with van der Waals surface area (Å²) in [5.74, 6) is 0.0418. The van der Waals surface area contributed by atoms with Crippen LogP contribution in [-0.2, 0) is 10.5 Å². The van der Waals surface area contributed by atoms with Crippen molar-refractivity contribution < 1.29 is 14.0 Å². The van der Waals surface area contributed by atoms with Gasteiger partial charge in [-0.1, -0.05) is 53.4 Å². The number of aromatic nitrogens is 2. The maximum atomic E-state index is 11.9. The minimum absolute atomic E-state index is 0.125. The number of thioether (sulfide) groups is 1. The van der Waals surface area contributed by atoms with Crippen LogP contribution in [0.5, 0.6) is 0 Å². The highest BCUT2D eigenvalue weighted by Gasteiger charge is 2.13. The largest absolute Gasteiger partial charge is 0.444 e. The summed E-state index contributed by atoms with van der Waals surface area (Å²) in [6, 6.07) is 13.1. The van der Waals surface area contributed by atoms with E-state index in [9.17, 15) is 9.59 Å². The summed E-state index contributed by atoms with van der Waals surface area (Å²) >= 11 is 5.94. The lowest BCUT2D eigenvalue weighted by atomic mass is 10.2. The van der Waals surface area contributed by atoms with Crippen molar-refractivity contribution in [2.75, 3.05) is 11.9 Å². The second-order valence-corrected chi connectivity index (χ2v) is 7.96. The molecule has 0 aliphatic heterocycles. The fourth-order valence-electron chi connectivity index (χ4n) is 1.89. The van der Waals surface area contributed by atoms with Gasteiger partial charge in [-0.05, 0) is 33.6 Å². The fraction of sp³-hybridized carbons (Fsp3) is 0.125. The predicted octanol–water partition coefficient (Wildman–Crippen LogP) is 3.55. The number of halogens is 1. The van der Waals surface area contributed by atoms with Crippen LogP contribution in [-0.4, -0.2) is 28.6 Å². The summed E-state index contributed by atoms with van der Waals surface area (Å²) < 4.78 is 6.32. The number of anilines is 1. The van der Waals surface area contributed by atoms with Crippen LogP contribution in [0, 0.1) is 0 Å². The van der Waals surface area contributed by atoms with Crippen LogP contribution in [0.25, 0.3) is 0 Å². The number of nitrogens with one attached hydrogen (secondary N) is 2. The molecule has 0 fully saturated rings. The number of hydrogen-bond acceptors (Lipinski definition) is 7. The molecule has 10 heteroatoms. The van der Waals surface area contributed by atoms with E-state index in [0.29, 0.717) is 9.80 Å². The average Bonchev–Trinajstić information content (AvgIpc) is 3.28. The lowest BCUT2D eigenvalue weighted by Gasteiger charge is -2.02. The van der Waals surface area contributed by atoms with Gasteiger partial charge in [0, 0.05) is 5.75 Å². The van der Waals surface area contributed by atoms with Crippen molar-refractivity contribution in [1.82, 2.24) is 15.5 Å². The van der Waals surface area contributed by atoms with Gasteiger partial charge in [-0.3, -0.25) is 14.9 Å². The maximum Gasteiger partial charge on any atom is 0.287 e. The summed E-state index contributed by atoms with van der Waals surface area (Å²) in [5.41, 5.74) is 1.19. The van der Waals surface area contributed by atoms with Gasteiger partial charge in [0.05, 0.1) is 6.54 Å². The first kappa shape index (κ1) is 18.6. The Hall–Kier alpha value is -2.17. The number of carbonyl (C=O) groups excluding carboxylic acids is 2. The van der Waals surface area contributed by atoms with Crippen LogP contribution in [0.1, 0.15) is 16.1 Å². The molecule has 134 valence electrons. The molecule has 0 unspecified atom stereocenters. The summed E-state index contributed by atoms with van der Waals surface area (Å²) in [7, 11) is 0. The zero-order chi connectivity index (χ0) is 18.4. The quantitative estimate of drug-likeness (QED) is 0.420. The van der Waals surface area contributed by atoms with E-state index < -0.39 is 5.91 Å². The Morgan fingerprint density at radius 2 is 1.96 bits per heavy atom. The van der Waals surface area contributed by atoms with E-state index in [-0.39, 0.29) is 18.2 Å². The zero-order valence-electron chi connectivity index (χ0n) is 13.3. The van der Waals surface area contributed by atoms with Crippen LogP contribution in [0.4, 0.5) is 5.13 Å². The summed E-state index contributed by atoms with van der Waals surface area (Å²) in [4.78, 5) is 23.7. The molecule has 0 aliphatic carbocycles. The number of nitrogens with zero attached hydrogens (tertiary/aromatic N) is 2. The molecule has 0 saturated carbocycles. The highest BCUT2D eigenvalue weighted by Crippen LogP contribution is 2.28. The van der Waals surface area contributed by atoms with Gasteiger partial charge in [0.25, 0.3) is 5.91 Å². The van der Waals surface area contributed by atoms with Gasteiger partial charge >= 0.3 is 0 Å². The van der Waals surface area contributed by atoms with Crippen LogP contribution < -0.4 is 10.6 Å². The minimum atomic E-state index is -0.470. The Labute approximate surface area is 165 Å². The number of hydrogen-bond donors (Lipinski definition) is 2. The second-order valence-electron chi connectivity index (χ2n) is 4.98. The Bertz CT molecular complexity index is 898. The van der Waals surface area contributed by atoms with Crippen molar-refractivity contribution in [2.45, 2.75) is 10.1 Å². The number of benzene rings is 1. The monoisotopic (exact) mass is 452 g/mol. The lowest BCUT2D eigenvalue weighted by molar-refractivity contribution is -0.115. The van der Waals surface area contributed by atoms with Crippen LogP contribution >= 0.6 is 39.0 Å². The molecule has 2 heterocycles. The van der Waals surface area contributed by atoms with Crippen LogP contribution in [0.3, 0.4) is 0 Å². The first-order chi connectivity index (χ1) is 12.6. The van der Waals surface area contributed by atoms with Crippen molar-refractivity contribution in [3.8, 4) is 0 Å². The molecule has 1 aromatic carbocycles. The molecule has 0 spiro atoms. The third kappa shape index (κ3) is 5.41. The topological polar surface area (TPSA) is 97.1 Å². The summed E-state index contributed by atoms with van der Waals surface area (Å²) in [6.07, 6.45) is 0. The van der Waals surface area contributed by atoms with Gasteiger partial charge < -0.3 is 9.73 Å². The number of rotatable bonds is 7. The fourth-order valence-corrected chi connectivity index (χ4v) is 3.92. The molecule has 3 aromatic rings. The Kier molecular flexibility index (Phi) is 6.42. The third-order valence-corrected chi connectivity index (χ3v) is 5.53. The van der Waals surface area contributed by atoms with Gasteiger partial charge in [-0.15, -0.1) is 10.2 Å². The lowest BCUT2D eigenvalue weighted by Crippen LogP contribution is -2.32. The molecule has 26 heavy (non-hydrogen) atoms. The molecule has 2 N–H and O–H groups in total. The van der Waals surface area contributed by atoms with Gasteiger partial charge in [0.15, 0.2) is 14.8 Å². The van der Waals surface area contributed by atoms with E-state index in [1.54, 1.807) is 17.8 Å². The van der Waals surface area contributed by atoms with Crippen molar-refractivity contribution in [3.63, 3.8) is 0 Å². The van der Waals surface area contributed by atoms with E-state index in [4.69, 9.17) is 4.42 Å². The van der Waals surface area contributed by atoms with Crippen molar-refractivity contribution in [2.24, 2.45) is 0 Å². The third-order valence-electron chi connectivity index (χ3n) is 3.06. The first-order valence-corrected chi connectivity index (χ1v) is 10.0. The van der Waals surface area contributed by atoms with Crippen LogP contribution in [0.15, 0.2) is 55.9 Å². The van der Waals surface area contributed by atoms with E-state index >= 15 is 0 Å². The Morgan fingerprint density at radius 3 is 2.69 bits per heavy atom. The van der Waals surface area contributed by atoms with Gasteiger partial charge in [0.1, 0.15) is 0 Å². The van der Waals surface area contributed by atoms with Crippen molar-refractivity contribution in [1.29, 1.82) is 0 Å². The summed E-state index contributed by atoms with van der Waals surface area (Å²) in [6.45, 7) is -0.191. The van der Waals surface area contributed by atoms with E-state index in [0.717, 1.165) is 10.1 Å². The zero-order valence-corrected chi connectivity index (χ0v) is 16.5. The molecular formula is C16H13BrN4O3S2. The predicted molar refractivity (Wildman–Crippen MR) is 103 cm³/mol. The molecule has 0 aliphatic rings. The highest BCUT2D eigenvalue weighted by molar-refractivity contribution is 9.10. The maximum absolute atomic E-state index is 11.9. The minimum Gasteiger partial charge on any atom is -0.444 e. The van der Waals surface area contributed by atoms with E-state index in [1.165, 1.54) is 23.0 Å². The van der Waals surface area contributed by atoms with Gasteiger partial charge in [-0.2, -0.15) is 0 Å². The van der Waals surface area contributed by atoms with Crippen molar-refractivity contribution >= 4 is 56.0 Å². The standard InChI is InChI=1S/C16H13BrN4O3S2/c17-12-7-6-11(24-12)14(23)18-8-13(22)19-15-20-21-16(26-15)25-9-10-4-2-1-3-5-10/h1-7H,8-9H2,(H,18,23)(H,19,20,22). The molecule has 2 aromatic heterocycles. The first-order valence-electron chi connectivity index (χ1n) is 7.44. The van der Waals surface area contributed by atoms with Crippen LogP contribution in [0.2, 0.25) is 0 Å². The molecule has 2 amide bonds. The molecule has 0 radical (unpaired) electrons. The molecule has 0 bridgehead atoms. The van der Waals surface area contributed by atoms with E-state index in [2.05, 4.69) is 36.8 Å². The number of furan rings is 1. The number of carbonyl (C=O) groups is 2. The number of amides is 2. The highest BCUT2D eigenvalue weighted by atomic mass is 79.9. The molecule has 7 nitrogen and oxygen atoms in total. The molecule has 0 saturated heterocycles. The van der Waals surface area contributed by atoms with Gasteiger partial charge in [0.2, 0.25) is 11.0 Å². The van der Waals surface area contributed by atoms with E-state index in [1.807, 2.05) is 30.3 Å². The average molecular weight is 453 g/mol. The Morgan fingerprint density at radius 1 is 1.15 bits per heavy atom. The SMILES string of the molecule is O=C(CNC(=O)c1ccc(Br)o1)Nc1nnc(SCc2ccccc2)s1.